The predicted molar refractivity (Wildman–Crippen MR) is 63.4 cm³/mol. The van der Waals surface area contributed by atoms with E-state index < -0.39 is 0 Å². The smallest absolute Gasteiger partial charge is 0.0110 e. The number of hydrogen-bond acceptors (Lipinski definition) is 1. The molecule has 1 aromatic carbocycles. The first-order chi connectivity index (χ1) is 6.69. The van der Waals surface area contributed by atoms with Crippen molar-refractivity contribution in [3.05, 3.63) is 40.5 Å². The van der Waals surface area contributed by atoms with Crippen LogP contribution in [0.25, 0.3) is 6.08 Å². The summed E-state index contributed by atoms with van der Waals surface area (Å²) in [5, 5.41) is 0. The molecule has 0 atom stereocenters. The molecule has 0 saturated heterocycles. The highest BCUT2D eigenvalue weighted by molar-refractivity contribution is 5.57. The maximum Gasteiger partial charge on any atom is 0.0110 e. The molecule has 76 valence electrons. The molecule has 0 unspecified atom stereocenters. The number of benzene rings is 1. The molecule has 0 aromatic heterocycles. The van der Waals surface area contributed by atoms with Crippen molar-refractivity contribution in [1.82, 2.24) is 0 Å². The van der Waals surface area contributed by atoms with Crippen LogP contribution < -0.4 is 5.73 Å². The minimum atomic E-state index is 0.606. The molecule has 1 rings (SSSR count). The lowest BCUT2D eigenvalue weighted by molar-refractivity contribution is 1.12. The maximum absolute atomic E-state index is 5.45. The lowest BCUT2D eigenvalue weighted by atomic mass is 9.98. The third kappa shape index (κ3) is 2.46. The summed E-state index contributed by atoms with van der Waals surface area (Å²) in [4.78, 5) is 0. The average molecular weight is 189 g/mol. The van der Waals surface area contributed by atoms with Crippen LogP contribution in [-0.2, 0) is 6.42 Å². The standard InChI is InChI=1S/C13H19N/c1-4-12-8-10(2)11(3)13(9-12)6-5-7-14/h5-6,8-9H,4,7,14H2,1-3H3/b6-5+. The molecular formula is C13H19N. The zero-order valence-corrected chi connectivity index (χ0v) is 9.30. The van der Waals surface area contributed by atoms with Gasteiger partial charge in [0, 0.05) is 6.54 Å². The predicted octanol–water partition coefficient (Wildman–Crippen LogP) is 2.84. The molecule has 1 nitrogen and oxygen atoms in total. The summed E-state index contributed by atoms with van der Waals surface area (Å²) in [5.74, 6) is 0. The normalized spacial score (nSPS) is 11.1. The highest BCUT2D eigenvalue weighted by Gasteiger charge is 2.00. The van der Waals surface area contributed by atoms with E-state index in [9.17, 15) is 0 Å². The van der Waals surface area contributed by atoms with Crippen molar-refractivity contribution >= 4 is 6.08 Å². The average Bonchev–Trinajstić information content (AvgIpc) is 2.20. The maximum atomic E-state index is 5.45. The molecule has 0 fully saturated rings. The monoisotopic (exact) mass is 189 g/mol. The number of nitrogens with two attached hydrogens (primary N) is 1. The van der Waals surface area contributed by atoms with Crippen LogP contribution in [0.3, 0.4) is 0 Å². The molecule has 1 aromatic rings. The fraction of sp³-hybridized carbons (Fsp3) is 0.385. The molecule has 0 amide bonds. The fourth-order valence-electron chi connectivity index (χ4n) is 1.54. The highest BCUT2D eigenvalue weighted by atomic mass is 14.5. The van der Waals surface area contributed by atoms with Gasteiger partial charge in [-0.05, 0) is 42.5 Å². The molecule has 0 radical (unpaired) electrons. The Bertz CT molecular complexity index is 337. The molecule has 0 aliphatic carbocycles. The van der Waals surface area contributed by atoms with E-state index in [1.165, 1.54) is 22.3 Å². The number of rotatable bonds is 3. The largest absolute Gasteiger partial charge is 0.327 e. The van der Waals surface area contributed by atoms with E-state index in [-0.39, 0.29) is 0 Å². The Morgan fingerprint density at radius 1 is 1.29 bits per heavy atom. The summed E-state index contributed by atoms with van der Waals surface area (Å²) in [7, 11) is 0. The summed E-state index contributed by atoms with van der Waals surface area (Å²) >= 11 is 0. The summed E-state index contributed by atoms with van der Waals surface area (Å²) in [5.41, 5.74) is 10.9. The molecule has 0 bridgehead atoms. The van der Waals surface area contributed by atoms with E-state index in [4.69, 9.17) is 5.73 Å². The minimum absolute atomic E-state index is 0.606. The molecular weight excluding hydrogens is 170 g/mol. The van der Waals surface area contributed by atoms with Crippen molar-refractivity contribution in [2.24, 2.45) is 5.73 Å². The SMILES string of the molecule is CCc1cc(C)c(C)c(/C=C/CN)c1. The van der Waals surface area contributed by atoms with Crippen LogP contribution >= 0.6 is 0 Å². The lowest BCUT2D eigenvalue weighted by Gasteiger charge is -2.08. The zero-order valence-electron chi connectivity index (χ0n) is 9.30. The van der Waals surface area contributed by atoms with Crippen LogP contribution in [0.2, 0.25) is 0 Å². The number of hydrogen-bond donors (Lipinski definition) is 1. The van der Waals surface area contributed by atoms with Gasteiger partial charge in [-0.25, -0.2) is 0 Å². The summed E-state index contributed by atoms with van der Waals surface area (Å²) < 4.78 is 0. The van der Waals surface area contributed by atoms with E-state index in [1.54, 1.807) is 0 Å². The molecule has 0 aliphatic rings. The second-order valence-electron chi connectivity index (χ2n) is 3.62. The first kappa shape index (κ1) is 11.0. The minimum Gasteiger partial charge on any atom is -0.327 e. The van der Waals surface area contributed by atoms with Gasteiger partial charge in [0.1, 0.15) is 0 Å². The van der Waals surface area contributed by atoms with Crippen molar-refractivity contribution in [3.63, 3.8) is 0 Å². The summed E-state index contributed by atoms with van der Waals surface area (Å²) in [6.07, 6.45) is 5.20. The van der Waals surface area contributed by atoms with Crippen LogP contribution in [0, 0.1) is 13.8 Å². The number of aryl methyl sites for hydroxylation is 2. The Labute approximate surface area is 86.6 Å². The van der Waals surface area contributed by atoms with Gasteiger partial charge in [-0.1, -0.05) is 31.2 Å². The Kier molecular flexibility index (Phi) is 3.90. The molecule has 0 spiro atoms. The van der Waals surface area contributed by atoms with Gasteiger partial charge in [0.15, 0.2) is 0 Å². The first-order valence-corrected chi connectivity index (χ1v) is 5.15. The van der Waals surface area contributed by atoms with Crippen LogP contribution in [0.4, 0.5) is 0 Å². The Morgan fingerprint density at radius 2 is 2.00 bits per heavy atom. The summed E-state index contributed by atoms with van der Waals surface area (Å²) in [6.45, 7) is 7.11. The van der Waals surface area contributed by atoms with Crippen molar-refractivity contribution in [2.75, 3.05) is 6.54 Å². The lowest BCUT2D eigenvalue weighted by Crippen LogP contribution is -1.94. The fourth-order valence-corrected chi connectivity index (χ4v) is 1.54. The van der Waals surface area contributed by atoms with Gasteiger partial charge in [0.2, 0.25) is 0 Å². The van der Waals surface area contributed by atoms with Crippen molar-refractivity contribution in [1.29, 1.82) is 0 Å². The van der Waals surface area contributed by atoms with E-state index in [1.807, 2.05) is 6.08 Å². The van der Waals surface area contributed by atoms with Gasteiger partial charge >= 0.3 is 0 Å². The Balaban J connectivity index is 3.13. The Hall–Kier alpha value is -1.08. The topological polar surface area (TPSA) is 26.0 Å². The van der Waals surface area contributed by atoms with Gasteiger partial charge in [0.05, 0.1) is 0 Å². The van der Waals surface area contributed by atoms with E-state index in [0.29, 0.717) is 6.54 Å². The van der Waals surface area contributed by atoms with Crippen molar-refractivity contribution < 1.29 is 0 Å². The van der Waals surface area contributed by atoms with Crippen molar-refractivity contribution in [3.8, 4) is 0 Å². The van der Waals surface area contributed by atoms with Gasteiger partial charge < -0.3 is 5.73 Å². The van der Waals surface area contributed by atoms with Crippen molar-refractivity contribution in [2.45, 2.75) is 27.2 Å². The zero-order chi connectivity index (χ0) is 10.6. The van der Waals surface area contributed by atoms with E-state index in [0.717, 1.165) is 6.42 Å². The highest BCUT2D eigenvalue weighted by Crippen LogP contribution is 2.18. The molecule has 2 N–H and O–H groups in total. The van der Waals surface area contributed by atoms with Crippen LogP contribution in [-0.4, -0.2) is 6.54 Å². The first-order valence-electron chi connectivity index (χ1n) is 5.15. The van der Waals surface area contributed by atoms with Crippen LogP contribution in [0.1, 0.15) is 29.2 Å². The second kappa shape index (κ2) is 4.97. The van der Waals surface area contributed by atoms with Crippen LogP contribution in [0.5, 0.6) is 0 Å². The molecule has 14 heavy (non-hydrogen) atoms. The summed E-state index contributed by atoms with van der Waals surface area (Å²) in [6, 6.07) is 4.50. The quantitative estimate of drug-likeness (QED) is 0.777. The Morgan fingerprint density at radius 3 is 2.57 bits per heavy atom. The molecule has 0 heterocycles. The third-order valence-corrected chi connectivity index (χ3v) is 2.61. The third-order valence-electron chi connectivity index (χ3n) is 2.61. The van der Waals surface area contributed by atoms with Gasteiger partial charge in [0.25, 0.3) is 0 Å². The molecule has 0 saturated carbocycles. The van der Waals surface area contributed by atoms with E-state index in [2.05, 4.69) is 39.0 Å². The van der Waals surface area contributed by atoms with Gasteiger partial charge in [-0.3, -0.25) is 0 Å². The van der Waals surface area contributed by atoms with E-state index >= 15 is 0 Å². The molecule has 1 heteroatoms. The second-order valence-corrected chi connectivity index (χ2v) is 3.62. The van der Waals surface area contributed by atoms with Gasteiger partial charge in [-0.2, -0.15) is 0 Å². The van der Waals surface area contributed by atoms with Crippen LogP contribution in [0.15, 0.2) is 18.2 Å². The molecule has 0 aliphatic heterocycles. The van der Waals surface area contributed by atoms with Gasteiger partial charge in [-0.15, -0.1) is 0 Å².